The molecule has 1 aliphatic carbocycles. The highest BCUT2D eigenvalue weighted by molar-refractivity contribution is 7.12. The molecule has 0 bridgehead atoms. The standard InChI is InChI=1S/C15H16Cl2N2S/c16-11-4-5-12(17)10(6-11)7-13(19-18)15-8-9-2-1-3-14(9)20-15/h4-6,8,13,19H,1-3,7,18H2. The Morgan fingerprint density at radius 1 is 1.25 bits per heavy atom. The number of fused-ring (bicyclic) bond motifs is 1. The summed E-state index contributed by atoms with van der Waals surface area (Å²) in [5.74, 6) is 5.74. The highest BCUT2D eigenvalue weighted by Crippen LogP contribution is 2.35. The van der Waals surface area contributed by atoms with E-state index in [1.54, 1.807) is 6.07 Å². The molecule has 106 valence electrons. The molecule has 0 saturated heterocycles. The first kappa shape index (κ1) is 14.4. The van der Waals surface area contributed by atoms with Gasteiger partial charge in [0.15, 0.2) is 0 Å². The molecule has 1 unspecified atom stereocenters. The molecule has 3 N–H and O–H groups in total. The van der Waals surface area contributed by atoms with Gasteiger partial charge in [0, 0.05) is 19.8 Å². The normalized spacial score (nSPS) is 15.3. The van der Waals surface area contributed by atoms with Crippen molar-refractivity contribution < 1.29 is 0 Å². The lowest BCUT2D eigenvalue weighted by Gasteiger charge is -2.15. The molecule has 3 rings (SSSR count). The molecule has 0 radical (unpaired) electrons. The van der Waals surface area contributed by atoms with Crippen LogP contribution in [0.4, 0.5) is 0 Å². The zero-order valence-corrected chi connectivity index (χ0v) is 13.3. The number of rotatable bonds is 4. The minimum absolute atomic E-state index is 0.0848. The number of hydrazine groups is 1. The Balaban J connectivity index is 1.84. The van der Waals surface area contributed by atoms with E-state index in [1.807, 2.05) is 23.5 Å². The molecule has 0 amide bonds. The van der Waals surface area contributed by atoms with E-state index in [9.17, 15) is 0 Å². The molecule has 1 heterocycles. The maximum Gasteiger partial charge on any atom is 0.0594 e. The predicted molar refractivity (Wildman–Crippen MR) is 86.6 cm³/mol. The summed E-state index contributed by atoms with van der Waals surface area (Å²) in [5.41, 5.74) is 5.42. The van der Waals surface area contributed by atoms with Gasteiger partial charge in [-0.2, -0.15) is 0 Å². The smallest absolute Gasteiger partial charge is 0.0594 e. The van der Waals surface area contributed by atoms with Crippen LogP contribution in [-0.2, 0) is 19.3 Å². The molecular formula is C15H16Cl2N2S. The summed E-state index contributed by atoms with van der Waals surface area (Å²) >= 11 is 14.1. The number of benzene rings is 1. The highest BCUT2D eigenvalue weighted by atomic mass is 35.5. The summed E-state index contributed by atoms with van der Waals surface area (Å²) in [6, 6.07) is 7.92. The van der Waals surface area contributed by atoms with Crippen molar-refractivity contribution >= 4 is 34.5 Å². The lowest BCUT2D eigenvalue weighted by atomic mass is 10.0. The SMILES string of the molecule is NNC(Cc1cc(Cl)ccc1Cl)c1cc2c(s1)CCC2. The van der Waals surface area contributed by atoms with Gasteiger partial charge in [-0.15, -0.1) is 11.3 Å². The number of thiophene rings is 1. The van der Waals surface area contributed by atoms with Crippen molar-refractivity contribution in [3.8, 4) is 0 Å². The molecule has 0 spiro atoms. The summed E-state index contributed by atoms with van der Waals surface area (Å²) in [5, 5.41) is 1.44. The number of aryl methyl sites for hydroxylation is 2. The van der Waals surface area contributed by atoms with E-state index >= 15 is 0 Å². The van der Waals surface area contributed by atoms with Gasteiger partial charge in [-0.25, -0.2) is 0 Å². The van der Waals surface area contributed by atoms with Crippen LogP contribution in [0.3, 0.4) is 0 Å². The second-order valence-corrected chi connectivity index (χ2v) is 7.12. The van der Waals surface area contributed by atoms with E-state index in [0.29, 0.717) is 5.02 Å². The topological polar surface area (TPSA) is 38.0 Å². The number of hydrogen-bond donors (Lipinski definition) is 2. The van der Waals surface area contributed by atoms with Crippen LogP contribution in [0.5, 0.6) is 0 Å². The average molecular weight is 327 g/mol. The van der Waals surface area contributed by atoms with Gasteiger partial charge in [0.05, 0.1) is 6.04 Å². The molecule has 0 saturated carbocycles. The minimum Gasteiger partial charge on any atom is -0.271 e. The molecule has 0 aliphatic heterocycles. The summed E-state index contributed by atoms with van der Waals surface area (Å²) in [6.07, 6.45) is 4.42. The lowest BCUT2D eigenvalue weighted by Crippen LogP contribution is -2.29. The van der Waals surface area contributed by atoms with Crippen LogP contribution in [0.15, 0.2) is 24.3 Å². The molecule has 5 heteroatoms. The van der Waals surface area contributed by atoms with Crippen LogP contribution in [0, 0.1) is 0 Å². The fourth-order valence-electron chi connectivity index (χ4n) is 2.69. The van der Waals surface area contributed by atoms with Crippen molar-refractivity contribution in [3.05, 3.63) is 55.2 Å². The number of nitrogens with one attached hydrogen (secondary N) is 1. The molecule has 20 heavy (non-hydrogen) atoms. The van der Waals surface area contributed by atoms with Gasteiger partial charge in [-0.3, -0.25) is 11.3 Å². The molecule has 1 atom stereocenters. The molecule has 1 aromatic heterocycles. The Hall–Kier alpha value is -0.580. The Bertz CT molecular complexity index is 603. The Morgan fingerprint density at radius 3 is 2.85 bits per heavy atom. The van der Waals surface area contributed by atoms with Crippen molar-refractivity contribution in [2.75, 3.05) is 0 Å². The summed E-state index contributed by atoms with van der Waals surface area (Å²) in [6.45, 7) is 0. The quantitative estimate of drug-likeness (QED) is 0.649. The van der Waals surface area contributed by atoms with E-state index in [0.717, 1.165) is 17.0 Å². The van der Waals surface area contributed by atoms with Gasteiger partial charge in [0.2, 0.25) is 0 Å². The maximum atomic E-state index is 6.24. The highest BCUT2D eigenvalue weighted by Gasteiger charge is 2.20. The number of nitrogens with two attached hydrogens (primary N) is 1. The summed E-state index contributed by atoms with van der Waals surface area (Å²) in [7, 11) is 0. The first-order valence-electron chi connectivity index (χ1n) is 6.69. The van der Waals surface area contributed by atoms with Gasteiger partial charge in [-0.05, 0) is 61.1 Å². The predicted octanol–water partition coefficient (Wildman–Crippen LogP) is 4.29. The lowest BCUT2D eigenvalue weighted by molar-refractivity contribution is 0.560. The van der Waals surface area contributed by atoms with Crippen LogP contribution in [0.1, 0.15) is 33.3 Å². The van der Waals surface area contributed by atoms with Crippen molar-refractivity contribution in [1.82, 2.24) is 5.43 Å². The first-order valence-corrected chi connectivity index (χ1v) is 8.26. The Labute approximate surface area is 132 Å². The van der Waals surface area contributed by atoms with Crippen molar-refractivity contribution in [3.63, 3.8) is 0 Å². The third-order valence-electron chi connectivity index (χ3n) is 3.74. The summed E-state index contributed by atoms with van der Waals surface area (Å²) in [4.78, 5) is 2.80. The first-order chi connectivity index (χ1) is 9.67. The van der Waals surface area contributed by atoms with E-state index in [4.69, 9.17) is 29.0 Å². The Kier molecular flexibility index (Phi) is 4.34. The second kappa shape index (κ2) is 6.04. The maximum absolute atomic E-state index is 6.24. The second-order valence-electron chi connectivity index (χ2n) is 5.11. The zero-order valence-electron chi connectivity index (χ0n) is 11.0. The van der Waals surface area contributed by atoms with Gasteiger partial charge in [-0.1, -0.05) is 23.2 Å². The third kappa shape index (κ3) is 2.87. The van der Waals surface area contributed by atoms with Crippen LogP contribution in [-0.4, -0.2) is 0 Å². The molecule has 0 fully saturated rings. The molecule has 1 aliphatic rings. The molecule has 2 aromatic rings. The summed E-state index contributed by atoms with van der Waals surface area (Å²) < 4.78 is 0. The van der Waals surface area contributed by atoms with Gasteiger partial charge in [0.1, 0.15) is 0 Å². The fraction of sp³-hybridized carbons (Fsp3) is 0.333. The van der Waals surface area contributed by atoms with E-state index in [1.165, 1.54) is 34.6 Å². The van der Waals surface area contributed by atoms with E-state index in [-0.39, 0.29) is 6.04 Å². The fourth-order valence-corrected chi connectivity index (χ4v) is 4.39. The third-order valence-corrected chi connectivity index (χ3v) is 5.70. The monoisotopic (exact) mass is 326 g/mol. The van der Waals surface area contributed by atoms with Gasteiger partial charge < -0.3 is 0 Å². The largest absolute Gasteiger partial charge is 0.271 e. The van der Waals surface area contributed by atoms with E-state index < -0.39 is 0 Å². The van der Waals surface area contributed by atoms with Crippen LogP contribution < -0.4 is 11.3 Å². The van der Waals surface area contributed by atoms with Gasteiger partial charge >= 0.3 is 0 Å². The molecule has 2 nitrogen and oxygen atoms in total. The zero-order chi connectivity index (χ0) is 14.1. The van der Waals surface area contributed by atoms with Crippen LogP contribution in [0.2, 0.25) is 10.0 Å². The van der Waals surface area contributed by atoms with Crippen molar-refractivity contribution in [2.45, 2.75) is 31.7 Å². The van der Waals surface area contributed by atoms with Crippen LogP contribution >= 0.6 is 34.5 Å². The molecule has 1 aromatic carbocycles. The number of hydrogen-bond acceptors (Lipinski definition) is 3. The average Bonchev–Trinajstić information content (AvgIpc) is 3.00. The molecular weight excluding hydrogens is 311 g/mol. The Morgan fingerprint density at radius 2 is 2.10 bits per heavy atom. The number of halogens is 2. The van der Waals surface area contributed by atoms with Crippen molar-refractivity contribution in [2.24, 2.45) is 5.84 Å². The minimum atomic E-state index is 0.0848. The van der Waals surface area contributed by atoms with Crippen molar-refractivity contribution in [1.29, 1.82) is 0 Å². The van der Waals surface area contributed by atoms with Crippen LogP contribution in [0.25, 0.3) is 0 Å². The van der Waals surface area contributed by atoms with Gasteiger partial charge in [0.25, 0.3) is 0 Å². The van der Waals surface area contributed by atoms with E-state index in [2.05, 4.69) is 11.5 Å².